The van der Waals surface area contributed by atoms with E-state index in [1.54, 1.807) is 31.4 Å². The SMILES string of the molecule is COc1cccc(CNC(=O)c2ccc(NC(C)=O)cc2)c1. The van der Waals surface area contributed by atoms with Crippen LogP contribution in [0.2, 0.25) is 0 Å². The van der Waals surface area contributed by atoms with Gasteiger partial charge in [0.15, 0.2) is 0 Å². The molecule has 2 aromatic rings. The lowest BCUT2D eigenvalue weighted by molar-refractivity contribution is -0.114. The second-order valence-corrected chi connectivity index (χ2v) is 4.79. The third kappa shape index (κ3) is 4.34. The fraction of sp³-hybridized carbons (Fsp3) is 0.176. The molecule has 0 aliphatic rings. The van der Waals surface area contributed by atoms with Crippen LogP contribution in [0.4, 0.5) is 5.69 Å². The van der Waals surface area contributed by atoms with E-state index in [0.717, 1.165) is 11.3 Å². The first kappa shape index (κ1) is 15.6. The molecule has 0 unspecified atom stereocenters. The van der Waals surface area contributed by atoms with Crippen molar-refractivity contribution >= 4 is 17.5 Å². The zero-order valence-corrected chi connectivity index (χ0v) is 12.6. The van der Waals surface area contributed by atoms with E-state index in [2.05, 4.69) is 10.6 Å². The maximum atomic E-state index is 12.1. The minimum atomic E-state index is -0.169. The fourth-order valence-electron chi connectivity index (χ4n) is 1.98. The summed E-state index contributed by atoms with van der Waals surface area (Å²) >= 11 is 0. The highest BCUT2D eigenvalue weighted by Gasteiger charge is 2.06. The van der Waals surface area contributed by atoms with Crippen molar-refractivity contribution in [3.8, 4) is 5.75 Å². The van der Waals surface area contributed by atoms with Crippen LogP contribution >= 0.6 is 0 Å². The highest BCUT2D eigenvalue weighted by molar-refractivity contribution is 5.95. The van der Waals surface area contributed by atoms with Gasteiger partial charge in [-0.3, -0.25) is 9.59 Å². The van der Waals surface area contributed by atoms with Gasteiger partial charge in [-0.15, -0.1) is 0 Å². The van der Waals surface area contributed by atoms with Gasteiger partial charge in [0.1, 0.15) is 5.75 Å². The van der Waals surface area contributed by atoms with Gasteiger partial charge in [-0.25, -0.2) is 0 Å². The lowest BCUT2D eigenvalue weighted by Gasteiger charge is -2.08. The molecule has 0 heterocycles. The number of methoxy groups -OCH3 is 1. The summed E-state index contributed by atoms with van der Waals surface area (Å²) in [5.74, 6) is 0.443. The van der Waals surface area contributed by atoms with E-state index in [4.69, 9.17) is 4.74 Å². The maximum Gasteiger partial charge on any atom is 0.251 e. The summed E-state index contributed by atoms with van der Waals surface area (Å²) in [6.07, 6.45) is 0. The van der Waals surface area contributed by atoms with Crippen molar-refractivity contribution in [2.75, 3.05) is 12.4 Å². The highest BCUT2D eigenvalue weighted by Crippen LogP contribution is 2.13. The minimum absolute atomic E-state index is 0.143. The predicted molar refractivity (Wildman–Crippen MR) is 84.9 cm³/mol. The largest absolute Gasteiger partial charge is 0.497 e. The second-order valence-electron chi connectivity index (χ2n) is 4.79. The highest BCUT2D eigenvalue weighted by atomic mass is 16.5. The molecule has 2 amide bonds. The van der Waals surface area contributed by atoms with Crippen molar-refractivity contribution in [1.82, 2.24) is 5.32 Å². The van der Waals surface area contributed by atoms with Crippen LogP contribution in [0, 0.1) is 0 Å². The van der Waals surface area contributed by atoms with Gasteiger partial charge in [0.25, 0.3) is 5.91 Å². The van der Waals surface area contributed by atoms with Gasteiger partial charge in [-0.2, -0.15) is 0 Å². The summed E-state index contributed by atoms with van der Waals surface area (Å²) in [6.45, 7) is 1.86. The quantitative estimate of drug-likeness (QED) is 0.891. The van der Waals surface area contributed by atoms with Crippen LogP contribution in [-0.2, 0) is 11.3 Å². The molecule has 2 aromatic carbocycles. The molecule has 0 saturated carbocycles. The molecule has 2 N–H and O–H groups in total. The molecule has 0 saturated heterocycles. The van der Waals surface area contributed by atoms with Crippen LogP contribution in [0.15, 0.2) is 48.5 Å². The standard InChI is InChI=1S/C17H18N2O3/c1-12(20)19-15-8-6-14(7-9-15)17(21)18-11-13-4-3-5-16(10-13)22-2/h3-10H,11H2,1-2H3,(H,18,21)(H,19,20). The average molecular weight is 298 g/mol. The van der Waals surface area contributed by atoms with Crippen molar-refractivity contribution in [1.29, 1.82) is 0 Å². The predicted octanol–water partition coefficient (Wildman–Crippen LogP) is 2.58. The molecule has 0 aliphatic carbocycles. The van der Waals surface area contributed by atoms with Crippen molar-refractivity contribution in [3.05, 3.63) is 59.7 Å². The van der Waals surface area contributed by atoms with Gasteiger partial charge in [0.05, 0.1) is 7.11 Å². The number of anilines is 1. The summed E-state index contributed by atoms with van der Waals surface area (Å²) in [6, 6.07) is 14.3. The van der Waals surface area contributed by atoms with Gasteiger partial charge >= 0.3 is 0 Å². The number of carbonyl (C=O) groups excluding carboxylic acids is 2. The van der Waals surface area contributed by atoms with Gasteiger partial charge in [0, 0.05) is 24.7 Å². The Balaban J connectivity index is 1.95. The third-order valence-corrected chi connectivity index (χ3v) is 3.05. The Kier molecular flexibility index (Phi) is 5.14. The first-order chi connectivity index (χ1) is 10.6. The van der Waals surface area contributed by atoms with E-state index in [-0.39, 0.29) is 11.8 Å². The van der Waals surface area contributed by atoms with Crippen molar-refractivity contribution in [2.24, 2.45) is 0 Å². The molecule has 0 spiro atoms. The van der Waals surface area contributed by atoms with E-state index in [1.807, 2.05) is 24.3 Å². The van der Waals surface area contributed by atoms with E-state index in [0.29, 0.717) is 17.8 Å². The molecule has 0 aromatic heterocycles. The average Bonchev–Trinajstić information content (AvgIpc) is 2.53. The normalized spacial score (nSPS) is 9.91. The number of nitrogens with one attached hydrogen (secondary N) is 2. The zero-order valence-electron chi connectivity index (χ0n) is 12.6. The van der Waals surface area contributed by atoms with Crippen molar-refractivity contribution in [3.63, 3.8) is 0 Å². The Morgan fingerprint density at radius 2 is 1.82 bits per heavy atom. The Labute approximate surface area is 129 Å². The summed E-state index contributed by atoms with van der Waals surface area (Å²) in [4.78, 5) is 23.0. The molecular weight excluding hydrogens is 280 g/mol. The molecule has 0 atom stereocenters. The Hall–Kier alpha value is -2.82. The van der Waals surface area contributed by atoms with Crippen LogP contribution in [0.1, 0.15) is 22.8 Å². The molecule has 2 rings (SSSR count). The van der Waals surface area contributed by atoms with E-state index in [1.165, 1.54) is 6.92 Å². The van der Waals surface area contributed by atoms with Crippen molar-refractivity contribution in [2.45, 2.75) is 13.5 Å². The number of hydrogen-bond donors (Lipinski definition) is 2. The molecule has 0 radical (unpaired) electrons. The number of ether oxygens (including phenoxy) is 1. The van der Waals surface area contributed by atoms with Gasteiger partial charge in [0.2, 0.25) is 5.91 Å². The number of rotatable bonds is 5. The second kappa shape index (κ2) is 7.26. The summed E-state index contributed by atoms with van der Waals surface area (Å²) in [7, 11) is 1.61. The van der Waals surface area contributed by atoms with Crippen LogP contribution in [0.5, 0.6) is 5.75 Å². The molecule has 0 bridgehead atoms. The van der Waals surface area contributed by atoms with Crippen LogP contribution in [0.3, 0.4) is 0 Å². The maximum absolute atomic E-state index is 12.1. The first-order valence-electron chi connectivity index (χ1n) is 6.87. The molecule has 0 aliphatic heterocycles. The van der Waals surface area contributed by atoms with Crippen molar-refractivity contribution < 1.29 is 14.3 Å². The molecule has 22 heavy (non-hydrogen) atoms. The summed E-state index contributed by atoms with van der Waals surface area (Å²) in [5.41, 5.74) is 2.16. The number of amides is 2. The van der Waals surface area contributed by atoms with Crippen LogP contribution < -0.4 is 15.4 Å². The fourth-order valence-corrected chi connectivity index (χ4v) is 1.98. The van der Waals surface area contributed by atoms with Crippen LogP contribution in [-0.4, -0.2) is 18.9 Å². The van der Waals surface area contributed by atoms with Crippen LogP contribution in [0.25, 0.3) is 0 Å². The Bertz CT molecular complexity index is 666. The lowest BCUT2D eigenvalue weighted by Crippen LogP contribution is -2.22. The van der Waals surface area contributed by atoms with E-state index < -0.39 is 0 Å². The number of hydrogen-bond acceptors (Lipinski definition) is 3. The smallest absolute Gasteiger partial charge is 0.251 e. The summed E-state index contributed by atoms with van der Waals surface area (Å²) < 4.78 is 5.14. The van der Waals surface area contributed by atoms with Gasteiger partial charge in [-0.1, -0.05) is 12.1 Å². The van der Waals surface area contributed by atoms with Gasteiger partial charge in [-0.05, 0) is 42.0 Å². The first-order valence-corrected chi connectivity index (χ1v) is 6.87. The molecule has 0 fully saturated rings. The third-order valence-electron chi connectivity index (χ3n) is 3.05. The Morgan fingerprint density at radius 3 is 2.45 bits per heavy atom. The summed E-state index contributed by atoms with van der Waals surface area (Å²) in [5, 5.41) is 5.50. The Morgan fingerprint density at radius 1 is 1.09 bits per heavy atom. The lowest BCUT2D eigenvalue weighted by atomic mass is 10.1. The van der Waals surface area contributed by atoms with Gasteiger partial charge < -0.3 is 15.4 Å². The monoisotopic (exact) mass is 298 g/mol. The molecule has 114 valence electrons. The topological polar surface area (TPSA) is 67.4 Å². The zero-order chi connectivity index (χ0) is 15.9. The number of carbonyl (C=O) groups is 2. The van der Waals surface area contributed by atoms with E-state index in [9.17, 15) is 9.59 Å². The number of benzene rings is 2. The minimum Gasteiger partial charge on any atom is -0.497 e. The molecule has 5 heteroatoms. The molecule has 5 nitrogen and oxygen atoms in total. The van der Waals surface area contributed by atoms with E-state index >= 15 is 0 Å². The molecular formula is C17H18N2O3.